The fourth-order valence-corrected chi connectivity index (χ4v) is 3.02. The number of hydrogen-bond acceptors (Lipinski definition) is 6. The van der Waals surface area contributed by atoms with Gasteiger partial charge in [-0.05, 0) is 13.3 Å². The topological polar surface area (TPSA) is 80.3 Å². The first-order valence-corrected chi connectivity index (χ1v) is 9.14. The smallest absolute Gasteiger partial charge is 0.242 e. The van der Waals surface area contributed by atoms with Gasteiger partial charge in [-0.3, -0.25) is 9.69 Å². The number of carbonyl (C=O) groups excluding carboxylic acids is 1. The molecule has 0 radical (unpaired) electrons. The molecule has 2 aromatic heterocycles. The first-order valence-electron chi connectivity index (χ1n) is 9.14. The quantitative estimate of drug-likeness (QED) is 0.824. The van der Waals surface area contributed by atoms with Crippen LogP contribution in [0.15, 0.2) is 16.9 Å². The van der Waals surface area contributed by atoms with E-state index >= 15 is 0 Å². The van der Waals surface area contributed by atoms with Crippen LogP contribution in [0.3, 0.4) is 0 Å². The Balaban J connectivity index is 1.54. The minimum absolute atomic E-state index is 0.140. The molecule has 0 aliphatic carbocycles. The Morgan fingerprint density at radius 2 is 2.04 bits per heavy atom. The third-order valence-corrected chi connectivity index (χ3v) is 4.65. The van der Waals surface area contributed by atoms with Gasteiger partial charge < -0.3 is 14.0 Å². The summed E-state index contributed by atoms with van der Waals surface area (Å²) in [5.74, 6) is 2.38. The number of hydrogen-bond donors (Lipinski definition) is 0. The van der Waals surface area contributed by atoms with Crippen LogP contribution in [0.25, 0.3) is 0 Å². The van der Waals surface area contributed by atoms with E-state index in [1.807, 2.05) is 22.6 Å². The van der Waals surface area contributed by atoms with Crippen molar-refractivity contribution in [2.24, 2.45) is 0 Å². The number of amides is 1. The van der Waals surface area contributed by atoms with Gasteiger partial charge in [0.05, 0.1) is 6.54 Å². The predicted octanol–water partition coefficient (Wildman–Crippen LogP) is 1.61. The zero-order chi connectivity index (χ0) is 18.7. The highest BCUT2D eigenvalue weighted by atomic mass is 16.5. The van der Waals surface area contributed by atoms with Gasteiger partial charge in [0.1, 0.15) is 12.4 Å². The summed E-state index contributed by atoms with van der Waals surface area (Å²) in [6.07, 6.45) is 4.52. The van der Waals surface area contributed by atoms with Crippen LogP contribution >= 0.6 is 0 Å². The number of imidazole rings is 1. The maximum absolute atomic E-state index is 12.6. The number of aryl methyl sites for hydroxylation is 1. The lowest BCUT2D eigenvalue weighted by Crippen LogP contribution is -2.37. The van der Waals surface area contributed by atoms with E-state index in [0.29, 0.717) is 24.8 Å². The Morgan fingerprint density at radius 1 is 1.23 bits per heavy atom. The molecule has 1 saturated heterocycles. The predicted molar refractivity (Wildman–Crippen MR) is 96.4 cm³/mol. The zero-order valence-corrected chi connectivity index (χ0v) is 16.1. The molecule has 1 fully saturated rings. The maximum Gasteiger partial charge on any atom is 0.242 e. The minimum atomic E-state index is -0.140. The van der Waals surface area contributed by atoms with Crippen molar-refractivity contribution in [3.05, 3.63) is 29.9 Å². The molecule has 8 heteroatoms. The summed E-state index contributed by atoms with van der Waals surface area (Å²) in [4.78, 5) is 25.5. The lowest BCUT2D eigenvalue weighted by atomic mass is 9.97. The number of carbonyl (C=O) groups is 1. The van der Waals surface area contributed by atoms with Crippen LogP contribution in [0.2, 0.25) is 0 Å². The molecule has 26 heavy (non-hydrogen) atoms. The summed E-state index contributed by atoms with van der Waals surface area (Å²) in [7, 11) is 0. The highest BCUT2D eigenvalue weighted by Gasteiger charge is 2.24. The summed E-state index contributed by atoms with van der Waals surface area (Å²) in [5.41, 5.74) is -0.140. The molecule has 1 aliphatic heterocycles. The molecule has 1 aliphatic rings. The summed E-state index contributed by atoms with van der Waals surface area (Å²) < 4.78 is 7.26. The fraction of sp³-hybridized carbons (Fsp3) is 0.667. The summed E-state index contributed by atoms with van der Waals surface area (Å²) in [5, 5.41) is 4.10. The Hall–Kier alpha value is -2.22. The summed E-state index contributed by atoms with van der Waals surface area (Å²) >= 11 is 0. The Morgan fingerprint density at radius 3 is 2.69 bits per heavy atom. The van der Waals surface area contributed by atoms with E-state index in [1.165, 1.54) is 0 Å². The molecule has 3 heterocycles. The molecule has 0 unspecified atom stereocenters. The van der Waals surface area contributed by atoms with E-state index in [2.05, 4.69) is 40.8 Å². The van der Waals surface area contributed by atoms with Crippen LogP contribution in [-0.4, -0.2) is 61.6 Å². The summed E-state index contributed by atoms with van der Waals surface area (Å²) in [6, 6.07) is 0. The molecule has 2 aromatic rings. The van der Waals surface area contributed by atoms with E-state index in [-0.39, 0.29) is 11.3 Å². The average Bonchev–Trinajstić information content (AvgIpc) is 3.12. The van der Waals surface area contributed by atoms with E-state index in [1.54, 1.807) is 6.20 Å². The first-order chi connectivity index (χ1) is 12.3. The molecule has 3 rings (SSSR count). The number of aromatic nitrogens is 4. The molecular weight excluding hydrogens is 332 g/mol. The summed E-state index contributed by atoms with van der Waals surface area (Å²) in [6.45, 7) is 12.3. The van der Waals surface area contributed by atoms with Gasteiger partial charge in [-0.1, -0.05) is 25.9 Å². The van der Waals surface area contributed by atoms with Crippen molar-refractivity contribution in [3.8, 4) is 0 Å². The monoisotopic (exact) mass is 360 g/mol. The van der Waals surface area contributed by atoms with Gasteiger partial charge in [-0.25, -0.2) is 4.98 Å². The van der Waals surface area contributed by atoms with Crippen molar-refractivity contribution < 1.29 is 9.32 Å². The average molecular weight is 360 g/mol. The molecule has 0 atom stereocenters. The highest BCUT2D eigenvalue weighted by Crippen LogP contribution is 2.20. The van der Waals surface area contributed by atoms with Crippen molar-refractivity contribution in [2.75, 3.05) is 26.2 Å². The van der Waals surface area contributed by atoms with Gasteiger partial charge in [0.15, 0.2) is 5.82 Å². The second-order valence-corrected chi connectivity index (χ2v) is 7.88. The first kappa shape index (κ1) is 18.6. The fourth-order valence-electron chi connectivity index (χ4n) is 3.02. The van der Waals surface area contributed by atoms with Crippen molar-refractivity contribution >= 4 is 5.91 Å². The van der Waals surface area contributed by atoms with Crippen LogP contribution in [0.4, 0.5) is 0 Å². The molecule has 0 bridgehead atoms. The van der Waals surface area contributed by atoms with Gasteiger partial charge in [0.25, 0.3) is 0 Å². The number of nitrogens with zero attached hydrogens (tertiary/aromatic N) is 6. The molecule has 142 valence electrons. The van der Waals surface area contributed by atoms with Crippen LogP contribution in [-0.2, 0) is 23.3 Å². The number of rotatable bonds is 4. The zero-order valence-electron chi connectivity index (χ0n) is 16.1. The maximum atomic E-state index is 12.6. The third-order valence-electron chi connectivity index (χ3n) is 4.65. The lowest BCUT2D eigenvalue weighted by molar-refractivity contribution is -0.131. The molecule has 0 aromatic carbocycles. The van der Waals surface area contributed by atoms with E-state index < -0.39 is 0 Å². The second kappa shape index (κ2) is 7.57. The molecule has 0 N–H and O–H groups in total. The Labute approximate surface area is 154 Å². The second-order valence-electron chi connectivity index (χ2n) is 7.88. The van der Waals surface area contributed by atoms with Gasteiger partial charge >= 0.3 is 0 Å². The Bertz CT molecular complexity index is 745. The minimum Gasteiger partial charge on any atom is -0.340 e. The Kier molecular flexibility index (Phi) is 5.41. The molecule has 8 nitrogen and oxygen atoms in total. The molecule has 0 spiro atoms. The van der Waals surface area contributed by atoms with Crippen LogP contribution in [0.5, 0.6) is 0 Å². The normalized spacial score (nSPS) is 16.7. The van der Waals surface area contributed by atoms with E-state index in [4.69, 9.17) is 4.52 Å². The molecular formula is C18H28N6O2. The van der Waals surface area contributed by atoms with Gasteiger partial charge in [0, 0.05) is 44.0 Å². The largest absolute Gasteiger partial charge is 0.340 e. The van der Waals surface area contributed by atoms with Crippen LogP contribution < -0.4 is 0 Å². The van der Waals surface area contributed by atoms with E-state index in [0.717, 1.165) is 38.4 Å². The van der Waals surface area contributed by atoms with Crippen molar-refractivity contribution in [1.82, 2.24) is 29.5 Å². The van der Waals surface area contributed by atoms with Crippen LogP contribution in [0, 0.1) is 6.92 Å². The SMILES string of the molecule is Cc1nccn1CC(=O)N1CCCN(Cc2noc(C(C)(C)C)n2)CC1. The van der Waals surface area contributed by atoms with Crippen molar-refractivity contribution in [1.29, 1.82) is 0 Å². The molecule has 0 saturated carbocycles. The lowest BCUT2D eigenvalue weighted by Gasteiger charge is -2.21. The van der Waals surface area contributed by atoms with Gasteiger partial charge in [-0.2, -0.15) is 4.98 Å². The van der Waals surface area contributed by atoms with E-state index in [9.17, 15) is 4.79 Å². The highest BCUT2D eigenvalue weighted by molar-refractivity contribution is 5.76. The van der Waals surface area contributed by atoms with Gasteiger partial charge in [0.2, 0.25) is 11.8 Å². The van der Waals surface area contributed by atoms with Crippen LogP contribution in [0.1, 0.15) is 44.7 Å². The van der Waals surface area contributed by atoms with Gasteiger partial charge in [-0.15, -0.1) is 0 Å². The molecule has 1 amide bonds. The standard InChI is InChI=1S/C18H28N6O2/c1-14-19-6-9-24(14)13-16(25)23-8-5-7-22(10-11-23)12-15-20-17(26-21-15)18(2,3)4/h6,9H,5,7-8,10-13H2,1-4H3. The van der Waals surface area contributed by atoms with Crippen molar-refractivity contribution in [3.63, 3.8) is 0 Å². The van der Waals surface area contributed by atoms with Crippen molar-refractivity contribution in [2.45, 2.75) is 52.6 Å². The third kappa shape index (κ3) is 4.49.